The molecule has 0 saturated carbocycles. The van der Waals surface area contributed by atoms with Crippen LogP contribution in [0.3, 0.4) is 0 Å². The van der Waals surface area contributed by atoms with Crippen LogP contribution in [0.4, 0.5) is 34.1 Å². The number of para-hydroxylation sites is 2. The first-order valence-corrected chi connectivity index (χ1v) is 24.7. The van der Waals surface area contributed by atoms with Crippen LogP contribution in [-0.4, -0.2) is 6.71 Å². The molecule has 15 rings (SSSR count). The summed E-state index contributed by atoms with van der Waals surface area (Å²) in [6.45, 7) is -0.195. The fraction of sp³-hybridized carbons (Fsp3) is 0. The number of hydrogen-bond donors (Lipinski definition) is 0. The molecule has 4 heterocycles. The summed E-state index contributed by atoms with van der Waals surface area (Å²) in [4.78, 5) is 4.55. The summed E-state index contributed by atoms with van der Waals surface area (Å²) in [7, 11) is 0. The molecule has 0 fully saturated rings. The van der Waals surface area contributed by atoms with Crippen molar-refractivity contribution in [3.63, 3.8) is 0 Å². The summed E-state index contributed by atoms with van der Waals surface area (Å²) >= 11 is 0. The molecule has 2 aliphatic rings. The highest BCUT2D eigenvalue weighted by atomic mass is 16.5. The summed E-state index contributed by atoms with van der Waals surface area (Å²) in [6, 6.07) is 87.1. The van der Waals surface area contributed by atoms with Crippen molar-refractivity contribution < 1.29 is 18.3 Å². The maximum Gasteiger partial charge on any atom is 0.261 e. The lowest BCUT2D eigenvalue weighted by Gasteiger charge is -2.32. The number of hydrogen-bond acceptors (Lipinski definition) is 6. The Morgan fingerprint density at radius 1 is 0.260 bits per heavy atom. The molecule has 0 atom stereocenters. The standard InChI is InChI=1S/C66H41BN2O4/c1-5-14-42(15-6-1)44-24-28-48(29-25-44)68(46-18-9-3-10-19-46)50-32-34-52-54-38-64-56(40-62(54)72-60(52)36-50)67-57-41-63-55(39-65(57)71-59-23-13-22-58(70-64)66(59)67)53-35-33-51(37-61(53)73-63)69(47-20-11-4-12-21-47)49-30-26-45(27-31-49)43-16-7-2-8-17-43/h1-41H. The molecule has 0 spiro atoms. The fourth-order valence-corrected chi connectivity index (χ4v) is 11.1. The number of benzene rings is 11. The van der Waals surface area contributed by atoms with Gasteiger partial charge in [-0.1, -0.05) is 127 Å². The molecule has 13 aromatic rings. The van der Waals surface area contributed by atoms with Crippen molar-refractivity contribution in [2.75, 3.05) is 9.80 Å². The van der Waals surface area contributed by atoms with Crippen molar-refractivity contribution in [1.82, 2.24) is 0 Å². The maximum atomic E-state index is 6.87. The summed E-state index contributed by atoms with van der Waals surface area (Å²) in [5.74, 6) is 3.13. The van der Waals surface area contributed by atoms with E-state index in [0.717, 1.165) is 117 Å². The number of furan rings is 2. The number of nitrogens with zero attached hydrogens (tertiary/aromatic N) is 2. The second kappa shape index (κ2) is 16.4. The van der Waals surface area contributed by atoms with E-state index in [-0.39, 0.29) is 6.71 Å². The highest BCUT2D eigenvalue weighted by Gasteiger charge is 2.41. The topological polar surface area (TPSA) is 51.2 Å². The highest BCUT2D eigenvalue weighted by Crippen LogP contribution is 2.44. The molecule has 11 aromatic carbocycles. The van der Waals surface area contributed by atoms with E-state index < -0.39 is 0 Å². The Hall–Kier alpha value is -9.72. The van der Waals surface area contributed by atoms with Crippen molar-refractivity contribution in [2.24, 2.45) is 0 Å². The predicted molar refractivity (Wildman–Crippen MR) is 299 cm³/mol. The number of fused-ring (bicyclic) bond motifs is 10. The molecule has 73 heavy (non-hydrogen) atoms. The molecule has 2 aromatic heterocycles. The molecule has 6 nitrogen and oxygen atoms in total. The number of rotatable bonds is 8. The smallest absolute Gasteiger partial charge is 0.261 e. The third-order valence-electron chi connectivity index (χ3n) is 14.6. The van der Waals surface area contributed by atoms with E-state index in [9.17, 15) is 0 Å². The fourth-order valence-electron chi connectivity index (χ4n) is 11.1. The zero-order valence-electron chi connectivity index (χ0n) is 39.3. The Morgan fingerprint density at radius 3 is 1.04 bits per heavy atom. The zero-order valence-corrected chi connectivity index (χ0v) is 39.3. The van der Waals surface area contributed by atoms with E-state index in [2.05, 4.69) is 216 Å². The number of ether oxygens (including phenoxy) is 2. The second-order valence-corrected chi connectivity index (χ2v) is 18.8. The van der Waals surface area contributed by atoms with Gasteiger partial charge in [0, 0.05) is 73.3 Å². The van der Waals surface area contributed by atoms with Gasteiger partial charge in [-0.15, -0.1) is 0 Å². The van der Waals surface area contributed by atoms with Crippen LogP contribution in [0.2, 0.25) is 0 Å². The molecule has 0 amide bonds. The second-order valence-electron chi connectivity index (χ2n) is 18.8. The van der Waals surface area contributed by atoms with Gasteiger partial charge in [-0.2, -0.15) is 0 Å². The Bertz CT molecular complexity index is 3980. The van der Waals surface area contributed by atoms with Gasteiger partial charge in [-0.3, -0.25) is 0 Å². The first-order chi connectivity index (χ1) is 36.1. The zero-order chi connectivity index (χ0) is 48.0. The van der Waals surface area contributed by atoms with E-state index in [0.29, 0.717) is 0 Å². The average molecular weight is 937 g/mol. The van der Waals surface area contributed by atoms with Crippen molar-refractivity contribution in [1.29, 1.82) is 0 Å². The lowest BCUT2D eigenvalue weighted by atomic mass is 9.35. The Morgan fingerprint density at radius 2 is 0.616 bits per heavy atom. The lowest BCUT2D eigenvalue weighted by molar-refractivity contribution is 0.465. The van der Waals surface area contributed by atoms with Gasteiger partial charge >= 0.3 is 0 Å². The van der Waals surface area contributed by atoms with Crippen LogP contribution in [0.25, 0.3) is 66.1 Å². The molecular weight excluding hydrogens is 896 g/mol. The largest absolute Gasteiger partial charge is 0.458 e. The Kier molecular flexibility index (Phi) is 9.26. The van der Waals surface area contributed by atoms with Gasteiger partial charge in [0.15, 0.2) is 0 Å². The summed E-state index contributed by atoms with van der Waals surface area (Å²) in [5.41, 5.74) is 17.1. The van der Waals surface area contributed by atoms with Crippen LogP contribution in [0.15, 0.2) is 258 Å². The van der Waals surface area contributed by atoms with Crippen molar-refractivity contribution >= 4 is 101 Å². The third-order valence-corrected chi connectivity index (χ3v) is 14.6. The van der Waals surface area contributed by atoms with Gasteiger partial charge < -0.3 is 28.1 Å². The molecule has 0 N–H and O–H groups in total. The van der Waals surface area contributed by atoms with Crippen LogP contribution in [-0.2, 0) is 0 Å². The Labute approximate surface area is 421 Å². The molecule has 0 saturated heterocycles. The molecule has 2 aliphatic heterocycles. The first kappa shape index (κ1) is 41.1. The van der Waals surface area contributed by atoms with Crippen LogP contribution in [0, 0.1) is 0 Å². The average Bonchev–Trinajstić information content (AvgIpc) is 3.99. The maximum absolute atomic E-state index is 6.87. The van der Waals surface area contributed by atoms with Gasteiger partial charge in [0.05, 0.1) is 0 Å². The predicted octanol–water partition coefficient (Wildman–Crippen LogP) is 16.5. The molecule has 7 heteroatoms. The van der Waals surface area contributed by atoms with E-state index in [1.54, 1.807) is 0 Å². The van der Waals surface area contributed by atoms with Gasteiger partial charge in [0.25, 0.3) is 6.71 Å². The highest BCUT2D eigenvalue weighted by molar-refractivity contribution is 6.98. The van der Waals surface area contributed by atoms with E-state index >= 15 is 0 Å². The molecule has 0 radical (unpaired) electrons. The molecular formula is C66H41BN2O4. The third kappa shape index (κ3) is 6.81. The molecule has 0 bridgehead atoms. The molecule has 0 unspecified atom stereocenters. The van der Waals surface area contributed by atoms with E-state index in [1.165, 1.54) is 22.3 Å². The van der Waals surface area contributed by atoms with Crippen LogP contribution in [0.5, 0.6) is 23.0 Å². The minimum absolute atomic E-state index is 0.195. The summed E-state index contributed by atoms with van der Waals surface area (Å²) in [5, 5.41) is 4.02. The first-order valence-electron chi connectivity index (χ1n) is 24.7. The minimum atomic E-state index is -0.195. The van der Waals surface area contributed by atoms with Gasteiger partial charge in [0.2, 0.25) is 0 Å². The van der Waals surface area contributed by atoms with Gasteiger partial charge in [0.1, 0.15) is 45.3 Å². The molecule has 0 aliphatic carbocycles. The normalized spacial score (nSPS) is 12.3. The Balaban J connectivity index is 0.818. The van der Waals surface area contributed by atoms with Crippen LogP contribution in [0.1, 0.15) is 0 Å². The van der Waals surface area contributed by atoms with Crippen molar-refractivity contribution in [3.05, 3.63) is 249 Å². The van der Waals surface area contributed by atoms with Crippen molar-refractivity contribution in [2.45, 2.75) is 0 Å². The summed E-state index contributed by atoms with van der Waals surface area (Å²) in [6.07, 6.45) is 0. The van der Waals surface area contributed by atoms with Crippen molar-refractivity contribution in [3.8, 4) is 45.3 Å². The van der Waals surface area contributed by atoms with E-state index in [4.69, 9.17) is 18.3 Å². The SMILES string of the molecule is c1ccc(-c2ccc(N(c3ccccc3)c3ccc4c(c3)oc3cc5c(cc34)Oc3cccc4c3B5c3cc5oc6cc(N(c7ccccc7)c7ccc(-c8ccccc8)cc7)ccc6c5cc3O4)cc2)cc1. The van der Waals surface area contributed by atoms with Gasteiger partial charge in [-0.25, -0.2) is 0 Å². The lowest BCUT2D eigenvalue weighted by Crippen LogP contribution is -2.57. The van der Waals surface area contributed by atoms with Crippen LogP contribution < -0.4 is 35.7 Å². The summed E-state index contributed by atoms with van der Waals surface area (Å²) < 4.78 is 27.3. The number of anilines is 6. The van der Waals surface area contributed by atoms with Gasteiger partial charge in [-0.05, 0) is 142 Å². The van der Waals surface area contributed by atoms with Crippen LogP contribution >= 0.6 is 0 Å². The van der Waals surface area contributed by atoms with E-state index in [1.807, 2.05) is 42.5 Å². The minimum Gasteiger partial charge on any atom is -0.458 e. The quantitative estimate of drug-likeness (QED) is 0.142. The molecule has 342 valence electrons. The monoisotopic (exact) mass is 936 g/mol.